The van der Waals surface area contributed by atoms with Gasteiger partial charge in [-0.1, -0.05) is 0 Å². The normalized spacial score (nSPS) is 16.9. The maximum Gasteiger partial charge on any atom is 0.123 e. The van der Waals surface area contributed by atoms with E-state index in [0.29, 0.717) is 34.9 Å². The first kappa shape index (κ1) is 19.8. The summed E-state index contributed by atoms with van der Waals surface area (Å²) in [5.41, 5.74) is 16.1. The summed E-state index contributed by atoms with van der Waals surface area (Å²) in [6.07, 6.45) is 6.42. The third-order valence-electron chi connectivity index (χ3n) is 4.35. The summed E-state index contributed by atoms with van der Waals surface area (Å²) in [5.74, 6) is 0.288. The fourth-order valence-electron chi connectivity index (χ4n) is 2.60. The molecule has 0 radical (unpaired) electrons. The molecule has 1 aromatic rings. The second-order valence-corrected chi connectivity index (χ2v) is 6.61. The van der Waals surface area contributed by atoms with Crippen LogP contribution in [0.25, 0.3) is 5.70 Å². The minimum Gasteiger partial charge on any atom is -0.402 e. The molecule has 0 aliphatic heterocycles. The van der Waals surface area contributed by atoms with Crippen molar-refractivity contribution in [2.45, 2.75) is 32.8 Å². The van der Waals surface area contributed by atoms with E-state index in [4.69, 9.17) is 11.5 Å². The SMILES string of the molecule is CN=CC(CC(C=NCC1CC1)=C(C)N)=C(N)c1ccc(F)cc1CO. The largest absolute Gasteiger partial charge is 0.402 e. The molecule has 0 spiro atoms. The zero-order chi connectivity index (χ0) is 19.1. The van der Waals surface area contributed by atoms with Gasteiger partial charge in [0.2, 0.25) is 0 Å². The van der Waals surface area contributed by atoms with Gasteiger partial charge in [-0.25, -0.2) is 4.39 Å². The van der Waals surface area contributed by atoms with Crippen LogP contribution in [-0.4, -0.2) is 31.1 Å². The van der Waals surface area contributed by atoms with Crippen molar-refractivity contribution in [3.8, 4) is 0 Å². The van der Waals surface area contributed by atoms with Crippen LogP contribution < -0.4 is 11.5 Å². The van der Waals surface area contributed by atoms with E-state index in [0.717, 1.165) is 17.7 Å². The Kier molecular flexibility index (Phi) is 7.09. The van der Waals surface area contributed by atoms with Gasteiger partial charge in [-0.2, -0.15) is 0 Å². The van der Waals surface area contributed by atoms with Gasteiger partial charge in [0.25, 0.3) is 0 Å². The van der Waals surface area contributed by atoms with Crippen molar-refractivity contribution in [2.24, 2.45) is 27.4 Å². The summed E-state index contributed by atoms with van der Waals surface area (Å²) >= 11 is 0. The minimum atomic E-state index is -0.415. The zero-order valence-electron chi connectivity index (χ0n) is 15.4. The number of aliphatic hydroxyl groups excluding tert-OH is 1. The van der Waals surface area contributed by atoms with Crippen molar-refractivity contribution >= 4 is 18.1 Å². The van der Waals surface area contributed by atoms with Gasteiger partial charge in [0.1, 0.15) is 5.82 Å². The molecular weight excluding hydrogens is 331 g/mol. The lowest BCUT2D eigenvalue weighted by atomic mass is 9.97. The van der Waals surface area contributed by atoms with Crippen molar-refractivity contribution in [1.82, 2.24) is 0 Å². The van der Waals surface area contributed by atoms with E-state index in [1.807, 2.05) is 13.1 Å². The third kappa shape index (κ3) is 5.52. The summed E-state index contributed by atoms with van der Waals surface area (Å²) in [4.78, 5) is 8.56. The number of aliphatic imine (C=N–C) groups is 2. The topological polar surface area (TPSA) is 97.0 Å². The van der Waals surface area contributed by atoms with Gasteiger partial charge in [0, 0.05) is 49.4 Å². The van der Waals surface area contributed by atoms with Crippen LogP contribution >= 0.6 is 0 Å². The van der Waals surface area contributed by atoms with Crippen LogP contribution in [0.3, 0.4) is 0 Å². The molecule has 0 heterocycles. The average molecular weight is 358 g/mol. The standard InChI is InChI=1S/C20H27FN4O/c1-13(22)15(11-25-9-14-3-4-14)7-16(10-24-2)20(23)19-6-5-18(21)8-17(19)12-26/h5-6,8,10-11,14,26H,3-4,7,9,12,22-23H2,1-2H3. The van der Waals surface area contributed by atoms with Gasteiger partial charge in [-0.3, -0.25) is 9.98 Å². The van der Waals surface area contributed by atoms with Gasteiger partial charge in [-0.05, 0) is 60.6 Å². The quantitative estimate of drug-likeness (QED) is 0.623. The highest BCUT2D eigenvalue weighted by atomic mass is 19.1. The highest BCUT2D eigenvalue weighted by Gasteiger charge is 2.20. The van der Waals surface area contributed by atoms with Gasteiger partial charge in [0.15, 0.2) is 0 Å². The van der Waals surface area contributed by atoms with Gasteiger partial charge < -0.3 is 16.6 Å². The third-order valence-corrected chi connectivity index (χ3v) is 4.35. The van der Waals surface area contributed by atoms with Crippen LogP contribution in [-0.2, 0) is 6.61 Å². The molecule has 140 valence electrons. The lowest BCUT2D eigenvalue weighted by Gasteiger charge is -2.13. The summed E-state index contributed by atoms with van der Waals surface area (Å²) < 4.78 is 13.4. The van der Waals surface area contributed by atoms with E-state index < -0.39 is 5.82 Å². The predicted molar refractivity (Wildman–Crippen MR) is 105 cm³/mol. The molecule has 1 aliphatic carbocycles. The Bertz CT molecular complexity index is 757. The van der Waals surface area contributed by atoms with Crippen molar-refractivity contribution in [3.63, 3.8) is 0 Å². The highest BCUT2D eigenvalue weighted by Crippen LogP contribution is 2.29. The molecule has 26 heavy (non-hydrogen) atoms. The van der Waals surface area contributed by atoms with E-state index in [1.54, 1.807) is 19.3 Å². The summed E-state index contributed by atoms with van der Waals surface area (Å²) in [7, 11) is 1.66. The lowest BCUT2D eigenvalue weighted by molar-refractivity contribution is 0.281. The zero-order valence-corrected chi connectivity index (χ0v) is 15.4. The Morgan fingerprint density at radius 3 is 2.58 bits per heavy atom. The lowest BCUT2D eigenvalue weighted by Crippen LogP contribution is -2.09. The van der Waals surface area contributed by atoms with Crippen LogP contribution in [0.15, 0.2) is 45.0 Å². The number of hydrogen-bond donors (Lipinski definition) is 3. The number of aliphatic hydroxyl groups is 1. The Morgan fingerprint density at radius 2 is 2.00 bits per heavy atom. The molecule has 1 saturated carbocycles. The average Bonchev–Trinajstić information content (AvgIpc) is 3.43. The molecular formula is C20H27FN4O. The highest BCUT2D eigenvalue weighted by molar-refractivity contribution is 5.93. The molecule has 2 rings (SSSR count). The molecule has 6 heteroatoms. The number of benzene rings is 1. The van der Waals surface area contributed by atoms with Crippen LogP contribution in [0.5, 0.6) is 0 Å². The number of halogens is 1. The number of rotatable bonds is 8. The fourth-order valence-corrected chi connectivity index (χ4v) is 2.60. The Labute approximate surface area is 154 Å². The Hall–Kier alpha value is -2.47. The second kappa shape index (κ2) is 9.29. The van der Waals surface area contributed by atoms with Crippen LogP contribution in [0.2, 0.25) is 0 Å². The molecule has 5 N–H and O–H groups in total. The number of hydrogen-bond acceptors (Lipinski definition) is 5. The molecule has 1 aromatic carbocycles. The molecule has 0 bridgehead atoms. The van der Waals surface area contributed by atoms with Gasteiger partial charge >= 0.3 is 0 Å². The van der Waals surface area contributed by atoms with Gasteiger partial charge in [-0.15, -0.1) is 0 Å². The molecule has 0 atom stereocenters. The maximum atomic E-state index is 13.4. The van der Waals surface area contributed by atoms with E-state index in [1.165, 1.54) is 25.0 Å². The second-order valence-electron chi connectivity index (χ2n) is 6.61. The van der Waals surface area contributed by atoms with Crippen LogP contribution in [0.1, 0.15) is 37.3 Å². The molecule has 0 amide bonds. The first-order chi connectivity index (χ1) is 12.5. The van der Waals surface area contributed by atoms with Crippen molar-refractivity contribution in [2.75, 3.05) is 13.6 Å². The fraction of sp³-hybridized carbons (Fsp3) is 0.400. The maximum absolute atomic E-state index is 13.4. The van der Waals surface area contributed by atoms with E-state index in [-0.39, 0.29) is 6.61 Å². The number of nitrogens with two attached hydrogens (primary N) is 2. The Balaban J connectivity index is 2.34. The van der Waals surface area contributed by atoms with Crippen molar-refractivity contribution in [1.29, 1.82) is 0 Å². The van der Waals surface area contributed by atoms with Gasteiger partial charge in [0.05, 0.1) is 6.61 Å². The Morgan fingerprint density at radius 1 is 1.27 bits per heavy atom. The first-order valence-electron chi connectivity index (χ1n) is 8.71. The smallest absolute Gasteiger partial charge is 0.123 e. The first-order valence-corrected chi connectivity index (χ1v) is 8.71. The summed E-state index contributed by atoms with van der Waals surface area (Å²) in [6.45, 7) is 2.35. The molecule has 1 fully saturated rings. The summed E-state index contributed by atoms with van der Waals surface area (Å²) in [6, 6.07) is 4.18. The summed E-state index contributed by atoms with van der Waals surface area (Å²) in [5, 5.41) is 9.52. The molecule has 0 unspecified atom stereocenters. The predicted octanol–water partition coefficient (Wildman–Crippen LogP) is 2.79. The minimum absolute atomic E-state index is 0.300. The molecule has 0 saturated heterocycles. The van der Waals surface area contributed by atoms with Crippen LogP contribution in [0, 0.1) is 11.7 Å². The van der Waals surface area contributed by atoms with E-state index >= 15 is 0 Å². The monoisotopic (exact) mass is 358 g/mol. The number of nitrogens with zero attached hydrogens (tertiary/aromatic N) is 2. The molecule has 1 aliphatic rings. The van der Waals surface area contributed by atoms with Crippen molar-refractivity contribution < 1.29 is 9.50 Å². The molecule has 5 nitrogen and oxygen atoms in total. The van der Waals surface area contributed by atoms with Crippen LogP contribution in [0.4, 0.5) is 4.39 Å². The van der Waals surface area contributed by atoms with E-state index in [2.05, 4.69) is 9.98 Å². The van der Waals surface area contributed by atoms with Crippen molar-refractivity contribution in [3.05, 3.63) is 52.0 Å². The molecule has 0 aromatic heterocycles. The number of allylic oxidation sites excluding steroid dienone is 3. The van der Waals surface area contributed by atoms with E-state index in [9.17, 15) is 9.50 Å².